The van der Waals surface area contributed by atoms with E-state index in [-0.39, 0.29) is 12.2 Å². The molecule has 0 aliphatic carbocycles. The summed E-state index contributed by atoms with van der Waals surface area (Å²) in [7, 11) is 0. The van der Waals surface area contributed by atoms with E-state index in [1.165, 1.54) is 6.08 Å². The van der Waals surface area contributed by atoms with Gasteiger partial charge in [-0.15, -0.1) is 0 Å². The highest BCUT2D eigenvalue weighted by atomic mass is 16.5. The Morgan fingerprint density at radius 1 is 1.60 bits per heavy atom. The fourth-order valence-corrected chi connectivity index (χ4v) is 1.28. The van der Waals surface area contributed by atoms with E-state index < -0.39 is 17.9 Å². The van der Waals surface area contributed by atoms with Gasteiger partial charge in [0.25, 0.3) is 0 Å². The maximum Gasteiger partial charge on any atom is 0.328 e. The van der Waals surface area contributed by atoms with Crippen molar-refractivity contribution in [3.05, 3.63) is 12.2 Å². The molecule has 1 N–H and O–H groups in total. The highest BCUT2D eigenvalue weighted by molar-refractivity contribution is 6.04. The minimum atomic E-state index is -0.587. The van der Waals surface area contributed by atoms with Gasteiger partial charge in [0.15, 0.2) is 5.78 Å². The number of carbonyl (C=O) groups is 3. The first-order valence-corrected chi connectivity index (χ1v) is 4.75. The van der Waals surface area contributed by atoms with Crippen molar-refractivity contribution < 1.29 is 19.1 Å². The molecular formula is C10H13NO4. The molecule has 1 amide bonds. The molecule has 1 atom stereocenters. The van der Waals surface area contributed by atoms with Gasteiger partial charge in [-0.3, -0.25) is 9.59 Å². The Hall–Kier alpha value is -1.65. The molecule has 1 fully saturated rings. The Balaban J connectivity index is 2.35. The van der Waals surface area contributed by atoms with Gasteiger partial charge in [0.05, 0.1) is 13.0 Å². The van der Waals surface area contributed by atoms with Gasteiger partial charge in [-0.2, -0.15) is 0 Å². The molecule has 0 aromatic carbocycles. The summed E-state index contributed by atoms with van der Waals surface area (Å²) in [4.78, 5) is 33.3. The molecule has 5 nitrogen and oxygen atoms in total. The molecule has 82 valence electrons. The van der Waals surface area contributed by atoms with Crippen LogP contribution in [0.2, 0.25) is 0 Å². The maximum absolute atomic E-state index is 11.3. The Bertz CT molecular complexity index is 309. The Labute approximate surface area is 87.5 Å². The maximum atomic E-state index is 11.3. The number of carbonyl (C=O) groups excluding carboxylic acids is 3. The summed E-state index contributed by atoms with van der Waals surface area (Å²) in [6, 6.07) is -0.587. The molecule has 0 spiro atoms. The Morgan fingerprint density at radius 3 is 2.87 bits per heavy atom. The fraction of sp³-hybridized carbons (Fsp3) is 0.500. The van der Waals surface area contributed by atoms with Gasteiger partial charge < -0.3 is 10.1 Å². The molecule has 0 aromatic heterocycles. The number of amides is 1. The van der Waals surface area contributed by atoms with Crippen LogP contribution >= 0.6 is 0 Å². The number of ketones is 1. The standard InChI is InChI=1S/C10H13NO4/c1-2-3-7(12)6-9(13)11-8-4-5-15-10(8)14/h2-3,8H,4-6H2,1H3,(H,11,13). The van der Waals surface area contributed by atoms with E-state index in [1.807, 2.05) is 0 Å². The lowest BCUT2D eigenvalue weighted by Crippen LogP contribution is -2.38. The van der Waals surface area contributed by atoms with Crippen molar-refractivity contribution in [1.82, 2.24) is 5.32 Å². The van der Waals surface area contributed by atoms with E-state index in [4.69, 9.17) is 0 Å². The van der Waals surface area contributed by atoms with Gasteiger partial charge >= 0.3 is 5.97 Å². The molecular weight excluding hydrogens is 198 g/mol. The van der Waals surface area contributed by atoms with Crippen molar-refractivity contribution in [3.8, 4) is 0 Å². The van der Waals surface area contributed by atoms with Crippen LogP contribution in [0.5, 0.6) is 0 Å². The van der Waals surface area contributed by atoms with Gasteiger partial charge in [-0.1, -0.05) is 6.08 Å². The van der Waals surface area contributed by atoms with Crippen LogP contribution in [0.4, 0.5) is 0 Å². The molecule has 5 heteroatoms. The van der Waals surface area contributed by atoms with Crippen LogP contribution in [0.1, 0.15) is 19.8 Å². The molecule has 0 saturated carbocycles. The second kappa shape index (κ2) is 5.29. The fourth-order valence-electron chi connectivity index (χ4n) is 1.28. The number of nitrogens with one attached hydrogen (secondary N) is 1. The van der Waals surface area contributed by atoms with E-state index in [9.17, 15) is 14.4 Å². The summed E-state index contributed by atoms with van der Waals surface area (Å²) in [5, 5.41) is 2.45. The lowest BCUT2D eigenvalue weighted by Gasteiger charge is -2.06. The van der Waals surface area contributed by atoms with Crippen molar-refractivity contribution in [2.75, 3.05) is 6.61 Å². The lowest BCUT2D eigenvalue weighted by atomic mass is 10.2. The molecule has 0 aromatic rings. The van der Waals surface area contributed by atoms with E-state index in [1.54, 1.807) is 13.0 Å². The van der Waals surface area contributed by atoms with Crippen LogP contribution in [-0.4, -0.2) is 30.3 Å². The zero-order valence-electron chi connectivity index (χ0n) is 8.49. The summed E-state index contributed by atoms with van der Waals surface area (Å²) in [6.07, 6.45) is 3.14. The first-order valence-electron chi connectivity index (χ1n) is 4.75. The predicted molar refractivity (Wildman–Crippen MR) is 51.9 cm³/mol. The van der Waals surface area contributed by atoms with Crippen molar-refractivity contribution in [2.24, 2.45) is 0 Å². The topological polar surface area (TPSA) is 72.5 Å². The summed E-state index contributed by atoms with van der Waals surface area (Å²) in [5.74, 6) is -1.15. The molecule has 15 heavy (non-hydrogen) atoms. The van der Waals surface area contributed by atoms with Gasteiger partial charge in [-0.05, 0) is 13.0 Å². The lowest BCUT2D eigenvalue weighted by molar-refractivity contribution is -0.141. The molecule has 1 saturated heterocycles. The molecule has 1 rings (SSSR count). The molecule has 0 radical (unpaired) electrons. The third-order valence-corrected chi connectivity index (χ3v) is 1.96. The van der Waals surface area contributed by atoms with Crippen LogP contribution in [0.25, 0.3) is 0 Å². The Morgan fingerprint density at radius 2 is 2.33 bits per heavy atom. The van der Waals surface area contributed by atoms with Gasteiger partial charge in [0, 0.05) is 6.42 Å². The number of allylic oxidation sites excluding steroid dienone is 2. The second-order valence-corrected chi connectivity index (χ2v) is 3.22. The number of ether oxygens (including phenoxy) is 1. The minimum Gasteiger partial charge on any atom is -0.464 e. The van der Waals surface area contributed by atoms with Crippen LogP contribution < -0.4 is 5.32 Å². The summed E-state index contributed by atoms with van der Waals surface area (Å²) < 4.78 is 4.67. The zero-order chi connectivity index (χ0) is 11.3. The third kappa shape index (κ3) is 3.53. The largest absolute Gasteiger partial charge is 0.464 e. The molecule has 1 aliphatic heterocycles. The predicted octanol–water partition coefficient (Wildman–Crippen LogP) is -0.0466. The Kier molecular flexibility index (Phi) is 4.03. The van der Waals surface area contributed by atoms with Crippen LogP contribution in [0.3, 0.4) is 0 Å². The van der Waals surface area contributed by atoms with Crippen LogP contribution in [0, 0.1) is 0 Å². The van der Waals surface area contributed by atoms with Crippen LogP contribution in [0.15, 0.2) is 12.2 Å². The number of hydrogen-bond donors (Lipinski definition) is 1. The summed E-state index contributed by atoms with van der Waals surface area (Å²) in [6.45, 7) is 2.02. The molecule has 1 aliphatic rings. The first-order chi connectivity index (χ1) is 7.13. The summed E-state index contributed by atoms with van der Waals surface area (Å²) in [5.41, 5.74) is 0. The number of cyclic esters (lactones) is 1. The van der Waals surface area contributed by atoms with E-state index in [2.05, 4.69) is 10.1 Å². The SMILES string of the molecule is CC=CC(=O)CC(=O)NC1CCOC1=O. The second-order valence-electron chi connectivity index (χ2n) is 3.22. The van der Waals surface area contributed by atoms with Gasteiger partial charge in [-0.25, -0.2) is 4.79 Å². The minimum absolute atomic E-state index is 0.228. The third-order valence-electron chi connectivity index (χ3n) is 1.96. The van der Waals surface area contributed by atoms with E-state index >= 15 is 0 Å². The van der Waals surface area contributed by atoms with Crippen molar-refractivity contribution in [3.63, 3.8) is 0 Å². The zero-order valence-corrected chi connectivity index (χ0v) is 8.49. The van der Waals surface area contributed by atoms with E-state index in [0.29, 0.717) is 13.0 Å². The normalized spacial score (nSPS) is 20.3. The number of esters is 1. The van der Waals surface area contributed by atoms with Crippen molar-refractivity contribution in [2.45, 2.75) is 25.8 Å². The quantitative estimate of drug-likeness (QED) is 0.402. The number of rotatable bonds is 4. The molecule has 0 bridgehead atoms. The average molecular weight is 211 g/mol. The van der Waals surface area contributed by atoms with Crippen LogP contribution in [-0.2, 0) is 19.1 Å². The van der Waals surface area contributed by atoms with Gasteiger partial charge in [0.2, 0.25) is 5.91 Å². The van der Waals surface area contributed by atoms with Crippen molar-refractivity contribution in [1.29, 1.82) is 0 Å². The highest BCUT2D eigenvalue weighted by Crippen LogP contribution is 2.05. The molecule has 1 heterocycles. The monoisotopic (exact) mass is 211 g/mol. The highest BCUT2D eigenvalue weighted by Gasteiger charge is 2.27. The van der Waals surface area contributed by atoms with Gasteiger partial charge in [0.1, 0.15) is 6.04 Å². The number of hydrogen-bond acceptors (Lipinski definition) is 4. The smallest absolute Gasteiger partial charge is 0.328 e. The summed E-state index contributed by atoms with van der Waals surface area (Å²) >= 11 is 0. The first kappa shape index (κ1) is 11.4. The van der Waals surface area contributed by atoms with E-state index in [0.717, 1.165) is 0 Å². The molecule has 1 unspecified atom stereocenters. The van der Waals surface area contributed by atoms with Crippen molar-refractivity contribution >= 4 is 17.7 Å². The average Bonchev–Trinajstić information content (AvgIpc) is 2.52.